The van der Waals surface area contributed by atoms with Crippen molar-refractivity contribution in [1.82, 2.24) is 24.4 Å². The van der Waals surface area contributed by atoms with Crippen molar-refractivity contribution in [2.24, 2.45) is 0 Å². The molecule has 2 fully saturated rings. The number of fused-ring (bicyclic) bond motifs is 3. The van der Waals surface area contributed by atoms with Gasteiger partial charge in [-0.3, -0.25) is 14.5 Å². The second-order valence-electron chi connectivity index (χ2n) is 11.4. The molecule has 2 N–H and O–H groups in total. The molecule has 3 aliphatic rings. The van der Waals surface area contributed by atoms with Crippen LogP contribution in [0.3, 0.4) is 0 Å². The molecule has 0 bridgehead atoms. The number of nitrogens with zero attached hydrogens (tertiary/aromatic N) is 6. The number of aromatic nitrogens is 3. The summed E-state index contributed by atoms with van der Waals surface area (Å²) in [6.45, 7) is 5.93. The third-order valence-corrected chi connectivity index (χ3v) is 8.27. The number of aliphatic hydroxyl groups is 1. The molecule has 0 aliphatic carbocycles. The van der Waals surface area contributed by atoms with Gasteiger partial charge in [0.05, 0.1) is 35.8 Å². The molecule has 1 unspecified atom stereocenters. The first kappa shape index (κ1) is 26.6. The van der Waals surface area contributed by atoms with E-state index in [4.69, 9.17) is 4.74 Å². The number of carbonyl (C=O) groups excluding carboxylic acids is 2. The fourth-order valence-corrected chi connectivity index (χ4v) is 5.90. The van der Waals surface area contributed by atoms with Gasteiger partial charge in [-0.1, -0.05) is 0 Å². The zero-order valence-electron chi connectivity index (χ0n) is 22.9. The van der Waals surface area contributed by atoms with Crippen LogP contribution in [-0.4, -0.2) is 105 Å². The van der Waals surface area contributed by atoms with E-state index < -0.39 is 11.8 Å². The predicted molar refractivity (Wildman–Crippen MR) is 146 cm³/mol. The van der Waals surface area contributed by atoms with E-state index >= 15 is 0 Å². The van der Waals surface area contributed by atoms with Crippen LogP contribution in [-0.2, 0) is 11.3 Å². The van der Waals surface area contributed by atoms with E-state index in [1.54, 1.807) is 25.6 Å². The van der Waals surface area contributed by atoms with Gasteiger partial charge >= 0.3 is 0 Å². The van der Waals surface area contributed by atoms with Crippen LogP contribution < -0.4 is 10.2 Å². The maximum Gasteiger partial charge on any atom is 0.261 e. The molecule has 0 radical (unpaired) electrons. The Morgan fingerprint density at radius 3 is 2.90 bits per heavy atom. The maximum atomic E-state index is 14.7. The van der Waals surface area contributed by atoms with Gasteiger partial charge in [0.1, 0.15) is 11.7 Å². The van der Waals surface area contributed by atoms with E-state index in [1.807, 2.05) is 12.1 Å². The zero-order chi connectivity index (χ0) is 28.2. The molecule has 2 aromatic heterocycles. The van der Waals surface area contributed by atoms with Crippen LogP contribution in [0.5, 0.6) is 0 Å². The quantitative estimate of drug-likeness (QED) is 0.458. The third kappa shape index (κ3) is 4.80. The Balaban J connectivity index is 1.32. The Bertz CT molecular complexity index is 1450. The van der Waals surface area contributed by atoms with Crippen molar-refractivity contribution in [2.45, 2.75) is 50.7 Å². The van der Waals surface area contributed by atoms with E-state index in [1.165, 1.54) is 29.5 Å². The van der Waals surface area contributed by atoms with Crippen LogP contribution in [0.15, 0.2) is 36.8 Å². The molecule has 3 aromatic rings. The van der Waals surface area contributed by atoms with Gasteiger partial charge in [-0.15, -0.1) is 0 Å². The number of benzene rings is 1. The minimum atomic E-state index is -1.60. The monoisotopic (exact) mass is 551 g/mol. The van der Waals surface area contributed by atoms with Crippen LogP contribution in [0.4, 0.5) is 15.8 Å². The van der Waals surface area contributed by atoms with Crippen LogP contribution in [0, 0.1) is 0 Å². The molecule has 5 heterocycles. The lowest BCUT2D eigenvalue weighted by molar-refractivity contribution is -0.0159. The van der Waals surface area contributed by atoms with Crippen molar-refractivity contribution in [3.8, 4) is 0 Å². The lowest BCUT2D eigenvalue weighted by Gasteiger charge is -2.39. The van der Waals surface area contributed by atoms with Crippen LogP contribution in [0.1, 0.15) is 46.5 Å². The van der Waals surface area contributed by atoms with Crippen molar-refractivity contribution >= 4 is 28.8 Å². The molecule has 212 valence electrons. The van der Waals surface area contributed by atoms with E-state index in [-0.39, 0.29) is 31.0 Å². The Morgan fingerprint density at radius 1 is 1.30 bits per heavy atom. The molecule has 40 heavy (non-hydrogen) atoms. The van der Waals surface area contributed by atoms with Gasteiger partial charge in [-0.05, 0) is 44.0 Å². The Morgan fingerprint density at radius 2 is 2.12 bits per heavy atom. The van der Waals surface area contributed by atoms with E-state index in [2.05, 4.69) is 25.2 Å². The molecular weight excluding hydrogens is 517 g/mol. The summed E-state index contributed by atoms with van der Waals surface area (Å²) in [5, 5.41) is 17.4. The summed E-state index contributed by atoms with van der Waals surface area (Å²) >= 11 is 0. The number of ether oxygens (including phenoxy) is 1. The minimum absolute atomic E-state index is 0.187. The molecule has 2 saturated heterocycles. The first-order valence-corrected chi connectivity index (χ1v) is 13.6. The summed E-state index contributed by atoms with van der Waals surface area (Å²) in [6, 6.07) is 5.66. The number of alkyl halides is 1. The minimum Gasteiger partial charge on any atom is -0.387 e. The van der Waals surface area contributed by atoms with Crippen LogP contribution in [0.25, 0.3) is 5.65 Å². The molecule has 0 spiro atoms. The maximum absolute atomic E-state index is 14.7. The average Bonchev–Trinajstić information content (AvgIpc) is 3.62. The molecule has 11 nitrogen and oxygen atoms in total. The number of rotatable bonds is 7. The van der Waals surface area contributed by atoms with Crippen molar-refractivity contribution in [3.05, 3.63) is 53.5 Å². The summed E-state index contributed by atoms with van der Waals surface area (Å²) < 4.78 is 21.9. The number of carbonyl (C=O) groups is 2. The molecule has 3 atom stereocenters. The average molecular weight is 552 g/mol. The van der Waals surface area contributed by atoms with Gasteiger partial charge < -0.3 is 25.0 Å². The number of piperazine rings is 1. The Kier molecular flexibility index (Phi) is 6.71. The number of nitrogens with one attached hydrogen (secondary N) is 1. The van der Waals surface area contributed by atoms with E-state index in [0.717, 1.165) is 38.3 Å². The van der Waals surface area contributed by atoms with Gasteiger partial charge in [0.2, 0.25) is 0 Å². The van der Waals surface area contributed by atoms with Gasteiger partial charge in [-0.25, -0.2) is 13.9 Å². The predicted octanol–water partition coefficient (Wildman–Crippen LogP) is 1.96. The largest absolute Gasteiger partial charge is 0.387 e. The smallest absolute Gasteiger partial charge is 0.261 e. The first-order chi connectivity index (χ1) is 19.1. The first-order valence-electron chi connectivity index (χ1n) is 13.6. The molecule has 1 aromatic carbocycles. The number of methoxy groups -OCH3 is 1. The number of anilines is 2. The highest BCUT2D eigenvalue weighted by Gasteiger charge is 2.39. The van der Waals surface area contributed by atoms with E-state index in [0.29, 0.717) is 34.1 Å². The highest BCUT2D eigenvalue weighted by Crippen LogP contribution is 2.37. The Hall–Kier alpha value is -3.61. The second-order valence-corrected chi connectivity index (χ2v) is 11.4. The van der Waals surface area contributed by atoms with Crippen molar-refractivity contribution < 1.29 is 23.8 Å². The third-order valence-electron chi connectivity index (χ3n) is 8.27. The van der Waals surface area contributed by atoms with Crippen molar-refractivity contribution in [2.75, 3.05) is 50.1 Å². The zero-order valence-corrected chi connectivity index (χ0v) is 22.9. The molecular formula is C28H34FN7O4. The summed E-state index contributed by atoms with van der Waals surface area (Å²) in [4.78, 5) is 37.2. The Labute approximate surface area is 231 Å². The van der Waals surface area contributed by atoms with Gasteiger partial charge in [0.15, 0.2) is 5.65 Å². The number of hydrogen-bond donors (Lipinski definition) is 2. The summed E-state index contributed by atoms with van der Waals surface area (Å²) in [5.74, 6) is -0.646. The normalized spacial score (nSPS) is 22.1. The fraction of sp³-hybridized carbons (Fsp3) is 0.500. The summed E-state index contributed by atoms with van der Waals surface area (Å²) in [6.07, 6.45) is 4.31. The number of amides is 2. The topological polar surface area (TPSA) is 116 Å². The van der Waals surface area contributed by atoms with Crippen LogP contribution >= 0.6 is 0 Å². The summed E-state index contributed by atoms with van der Waals surface area (Å²) in [7, 11) is 1.74. The molecule has 3 aliphatic heterocycles. The van der Waals surface area contributed by atoms with Crippen LogP contribution in [0.2, 0.25) is 0 Å². The molecule has 6 rings (SSSR count). The van der Waals surface area contributed by atoms with Crippen molar-refractivity contribution in [1.29, 1.82) is 0 Å². The van der Waals surface area contributed by atoms with Gasteiger partial charge in [0, 0.05) is 63.8 Å². The lowest BCUT2D eigenvalue weighted by Crippen LogP contribution is -2.50. The van der Waals surface area contributed by atoms with Crippen molar-refractivity contribution in [3.63, 3.8) is 0 Å². The second kappa shape index (κ2) is 10.1. The van der Waals surface area contributed by atoms with E-state index in [9.17, 15) is 19.1 Å². The molecule has 2 amide bonds. The SMILES string of the molecule is CO[C@H]1C[C@@H]2CN(c3cc4c(cc3NC(=O)c3cnn5cccnc35)CN(CC(F)C(C)(C)O)C4=O)CCN2C1. The summed E-state index contributed by atoms with van der Waals surface area (Å²) in [5.41, 5.74) is 1.70. The lowest BCUT2D eigenvalue weighted by atomic mass is 10.0. The fourth-order valence-electron chi connectivity index (χ4n) is 5.90. The van der Waals surface area contributed by atoms with Gasteiger partial charge in [0.25, 0.3) is 11.8 Å². The molecule has 0 saturated carbocycles. The number of halogens is 1. The number of hydrogen-bond acceptors (Lipinski definition) is 8. The highest BCUT2D eigenvalue weighted by molar-refractivity contribution is 6.10. The standard InChI is InChI=1S/C28H34FN7O4/c1-28(2,39)24(29)16-35-13-17-9-22(32-26(37)21-12-31-36-6-4-5-30-25(21)36)23(11-20(17)27(35)38)34-8-7-33-15-19(40-3)10-18(33)14-34/h4-6,9,11-12,18-19,24,39H,7-8,10,13-16H2,1-3H3,(H,32,37)/t18-,19+,24?/m1/s1. The van der Waals surface area contributed by atoms with Gasteiger partial charge in [-0.2, -0.15) is 5.10 Å². The highest BCUT2D eigenvalue weighted by atomic mass is 19.1. The molecule has 12 heteroatoms.